The summed E-state index contributed by atoms with van der Waals surface area (Å²) in [5.41, 5.74) is 2.97. The lowest BCUT2D eigenvalue weighted by Gasteiger charge is -2.28. The van der Waals surface area contributed by atoms with Crippen molar-refractivity contribution in [3.63, 3.8) is 0 Å². The highest BCUT2D eigenvalue weighted by atomic mass is 16.6. The normalized spacial score (nSPS) is 17.7. The van der Waals surface area contributed by atoms with Crippen LogP contribution in [0.3, 0.4) is 0 Å². The summed E-state index contributed by atoms with van der Waals surface area (Å²) in [4.78, 5) is 11.6. The van der Waals surface area contributed by atoms with E-state index in [1.807, 2.05) is 30.3 Å². The van der Waals surface area contributed by atoms with E-state index < -0.39 is 0 Å². The summed E-state index contributed by atoms with van der Waals surface area (Å²) in [6, 6.07) is 14.0. The molecule has 2 N–H and O–H groups in total. The van der Waals surface area contributed by atoms with E-state index in [1.54, 1.807) is 0 Å². The van der Waals surface area contributed by atoms with Gasteiger partial charge in [-0.1, -0.05) is 37.8 Å². The van der Waals surface area contributed by atoms with Gasteiger partial charge in [0.1, 0.15) is 12.7 Å². The van der Waals surface area contributed by atoms with Gasteiger partial charge in [-0.15, -0.1) is 0 Å². The van der Waals surface area contributed by atoms with Crippen LogP contribution in [0.4, 0.5) is 5.69 Å². The zero-order chi connectivity index (χ0) is 15.6. The Morgan fingerprint density at radius 1 is 1.17 bits per heavy atom. The van der Waals surface area contributed by atoms with Crippen LogP contribution in [-0.2, 0) is 17.8 Å². The molecule has 0 spiro atoms. The maximum absolute atomic E-state index is 11.6. The number of nitrogens with one attached hydrogen (secondary N) is 2. The zero-order valence-corrected chi connectivity index (χ0v) is 12.7. The molecule has 0 aliphatic carbocycles. The molecule has 0 fully saturated rings. The predicted octanol–water partition coefficient (Wildman–Crippen LogP) is 2.75. The topological polar surface area (TPSA) is 59.6 Å². The lowest BCUT2D eigenvalue weighted by Crippen LogP contribution is -2.38. The Morgan fingerprint density at radius 3 is 2.83 bits per heavy atom. The van der Waals surface area contributed by atoms with Crippen molar-refractivity contribution < 1.29 is 14.3 Å². The largest absolute Gasteiger partial charge is 0.486 e. The molecule has 0 saturated carbocycles. The number of hydrogen-bond donors (Lipinski definition) is 2. The molecule has 24 heavy (non-hydrogen) atoms. The molecule has 0 saturated heterocycles. The molecule has 2 aromatic rings. The number of anilines is 1. The van der Waals surface area contributed by atoms with Gasteiger partial charge in [-0.05, 0) is 17.7 Å². The van der Waals surface area contributed by atoms with E-state index in [0.29, 0.717) is 25.3 Å². The quantitative estimate of drug-likeness (QED) is 0.907. The van der Waals surface area contributed by atoms with Crippen molar-refractivity contribution in [2.24, 2.45) is 0 Å². The zero-order valence-electron chi connectivity index (χ0n) is 12.7. The second-order valence-corrected chi connectivity index (χ2v) is 5.81. The molecule has 2 heterocycles. The number of ether oxygens (including phenoxy) is 2. The third kappa shape index (κ3) is 3.21. The molecule has 4 rings (SSSR count). The van der Waals surface area contributed by atoms with Gasteiger partial charge in [-0.3, -0.25) is 4.79 Å². The van der Waals surface area contributed by atoms with E-state index in [4.69, 9.17) is 9.47 Å². The van der Waals surface area contributed by atoms with Crippen LogP contribution in [0.15, 0.2) is 42.5 Å². The van der Waals surface area contributed by atoms with Gasteiger partial charge >= 0.3 is 0 Å². The van der Waals surface area contributed by atoms with Crippen molar-refractivity contribution in [2.75, 3.05) is 18.5 Å². The van der Waals surface area contributed by atoms with Gasteiger partial charge in [0.05, 0.1) is 6.42 Å². The van der Waals surface area contributed by atoms with E-state index in [-0.39, 0.29) is 19.4 Å². The van der Waals surface area contributed by atoms with Gasteiger partial charge in [-0.2, -0.15) is 0 Å². The average Bonchev–Trinajstić information content (AvgIpc) is 2.97. The first-order valence-corrected chi connectivity index (χ1v) is 7.79. The number of benzene rings is 2. The Bertz CT molecular complexity index is 731. The standard InChI is InChI=1S/C18H18N2O3.CH4/c21-17-8-14-15(20-17)6-7-16-18(14)23-13(11-22-16)10-19-9-12-4-2-1-3-5-12;/h1-7,13,19H,8-11H2,(H,20,21);1H4/t13-;/m0./s1. The fraction of sp³-hybridized carbons (Fsp3) is 0.316. The number of amides is 1. The Kier molecular flexibility index (Phi) is 4.71. The summed E-state index contributed by atoms with van der Waals surface area (Å²) < 4.78 is 11.9. The average molecular weight is 326 g/mol. The lowest BCUT2D eigenvalue weighted by molar-refractivity contribution is -0.115. The molecule has 2 aliphatic heterocycles. The SMILES string of the molecule is C.O=C1Cc2c(ccc3c2O[C@@H](CNCc2ccccc2)CO3)N1. The Morgan fingerprint density at radius 2 is 2.00 bits per heavy atom. The van der Waals surface area contributed by atoms with Crippen molar-refractivity contribution >= 4 is 11.6 Å². The van der Waals surface area contributed by atoms with E-state index in [1.165, 1.54) is 5.56 Å². The summed E-state index contributed by atoms with van der Waals surface area (Å²) >= 11 is 0. The van der Waals surface area contributed by atoms with Crippen molar-refractivity contribution in [3.05, 3.63) is 53.6 Å². The van der Waals surface area contributed by atoms with E-state index >= 15 is 0 Å². The smallest absolute Gasteiger partial charge is 0.229 e. The number of fused-ring (bicyclic) bond motifs is 3. The van der Waals surface area contributed by atoms with Crippen LogP contribution in [0.2, 0.25) is 0 Å². The molecular weight excluding hydrogens is 304 g/mol. The Labute approximate surface area is 142 Å². The summed E-state index contributed by atoms with van der Waals surface area (Å²) in [5.74, 6) is 1.43. The first-order chi connectivity index (χ1) is 11.3. The molecule has 2 aromatic carbocycles. The monoisotopic (exact) mass is 326 g/mol. The third-order valence-corrected chi connectivity index (χ3v) is 4.09. The fourth-order valence-electron chi connectivity index (χ4n) is 2.95. The Hall–Kier alpha value is -2.53. The number of hydrogen-bond acceptors (Lipinski definition) is 4. The van der Waals surface area contributed by atoms with Crippen molar-refractivity contribution in [3.8, 4) is 11.5 Å². The Balaban J connectivity index is 0.00000169. The third-order valence-electron chi connectivity index (χ3n) is 4.09. The number of carbonyl (C=O) groups is 1. The van der Waals surface area contributed by atoms with E-state index in [0.717, 1.165) is 23.5 Å². The first kappa shape index (κ1) is 16.3. The molecule has 2 aliphatic rings. The van der Waals surface area contributed by atoms with Crippen LogP contribution < -0.4 is 20.1 Å². The molecule has 0 unspecified atom stereocenters. The fourth-order valence-corrected chi connectivity index (χ4v) is 2.95. The molecule has 1 amide bonds. The van der Waals surface area contributed by atoms with Gasteiger partial charge in [0.25, 0.3) is 0 Å². The minimum atomic E-state index is -0.0617. The van der Waals surface area contributed by atoms with Crippen LogP contribution in [0.5, 0.6) is 11.5 Å². The summed E-state index contributed by atoms with van der Waals surface area (Å²) in [6.45, 7) is 1.99. The van der Waals surface area contributed by atoms with Crippen LogP contribution in [-0.4, -0.2) is 25.2 Å². The second-order valence-electron chi connectivity index (χ2n) is 5.81. The minimum Gasteiger partial charge on any atom is -0.486 e. The van der Waals surface area contributed by atoms with Gasteiger partial charge < -0.3 is 20.1 Å². The van der Waals surface area contributed by atoms with Crippen molar-refractivity contribution in [1.82, 2.24) is 5.32 Å². The van der Waals surface area contributed by atoms with Crippen LogP contribution >= 0.6 is 0 Å². The highest BCUT2D eigenvalue weighted by molar-refractivity contribution is 6.00. The number of carbonyl (C=O) groups excluding carboxylic acids is 1. The van der Waals surface area contributed by atoms with Gasteiger partial charge in [0.15, 0.2) is 11.5 Å². The molecule has 5 nitrogen and oxygen atoms in total. The minimum absolute atomic E-state index is 0. The van der Waals surface area contributed by atoms with Crippen LogP contribution in [0, 0.1) is 0 Å². The maximum atomic E-state index is 11.6. The van der Waals surface area contributed by atoms with Crippen molar-refractivity contribution in [1.29, 1.82) is 0 Å². The van der Waals surface area contributed by atoms with Gasteiger partial charge in [0, 0.05) is 24.3 Å². The molecule has 1 atom stereocenters. The molecule has 0 aromatic heterocycles. The van der Waals surface area contributed by atoms with E-state index in [2.05, 4.69) is 22.8 Å². The summed E-state index contributed by atoms with van der Waals surface area (Å²) in [7, 11) is 0. The van der Waals surface area contributed by atoms with Gasteiger partial charge in [-0.25, -0.2) is 0 Å². The molecular formula is C19H22N2O3. The lowest BCUT2D eigenvalue weighted by atomic mass is 10.1. The highest BCUT2D eigenvalue weighted by Gasteiger charge is 2.29. The summed E-state index contributed by atoms with van der Waals surface area (Å²) in [5, 5.41) is 6.23. The molecule has 0 radical (unpaired) electrons. The molecule has 5 heteroatoms. The molecule has 126 valence electrons. The second kappa shape index (κ2) is 6.93. The van der Waals surface area contributed by atoms with E-state index in [9.17, 15) is 4.79 Å². The van der Waals surface area contributed by atoms with Crippen molar-refractivity contribution in [2.45, 2.75) is 26.5 Å². The predicted molar refractivity (Wildman–Crippen MR) is 93.6 cm³/mol. The van der Waals surface area contributed by atoms with Gasteiger partial charge in [0.2, 0.25) is 5.91 Å². The summed E-state index contributed by atoms with van der Waals surface area (Å²) in [6.07, 6.45) is 0.292. The van der Waals surface area contributed by atoms with Crippen LogP contribution in [0.1, 0.15) is 18.6 Å². The maximum Gasteiger partial charge on any atom is 0.229 e. The van der Waals surface area contributed by atoms with Crippen LogP contribution in [0.25, 0.3) is 0 Å². The molecule has 0 bridgehead atoms. The highest BCUT2D eigenvalue weighted by Crippen LogP contribution is 2.41. The number of rotatable bonds is 4. The first-order valence-electron chi connectivity index (χ1n) is 7.79.